The van der Waals surface area contributed by atoms with E-state index in [1.165, 1.54) is 0 Å². The van der Waals surface area contributed by atoms with Crippen molar-refractivity contribution in [2.75, 3.05) is 0 Å². The largest absolute Gasteiger partial charge is 0.478 e. The van der Waals surface area contributed by atoms with Crippen LogP contribution in [0.3, 0.4) is 0 Å². The fourth-order valence-electron chi connectivity index (χ4n) is 1.73. The number of ketones is 2. The van der Waals surface area contributed by atoms with Crippen LogP contribution in [0.2, 0.25) is 0 Å². The van der Waals surface area contributed by atoms with Crippen LogP contribution in [0.25, 0.3) is 0 Å². The van der Waals surface area contributed by atoms with Gasteiger partial charge < -0.3 is 5.11 Å². The van der Waals surface area contributed by atoms with Crippen LogP contribution in [0.4, 0.5) is 0 Å². The van der Waals surface area contributed by atoms with Crippen molar-refractivity contribution in [2.45, 2.75) is 6.42 Å². The van der Waals surface area contributed by atoms with Gasteiger partial charge in [0.15, 0.2) is 11.6 Å². The summed E-state index contributed by atoms with van der Waals surface area (Å²) < 4.78 is 1.08. The molecule has 1 aliphatic rings. The van der Waals surface area contributed by atoms with E-state index < -0.39 is 23.1 Å². The monoisotopic (exact) mass is 368 g/mol. The third kappa shape index (κ3) is 3.17. The van der Waals surface area contributed by atoms with Crippen LogP contribution in [0.5, 0.6) is 0 Å². The molecule has 1 aromatic carbocycles. The zero-order chi connectivity index (χ0) is 14.0. The topological polar surface area (TPSA) is 71.4 Å². The van der Waals surface area contributed by atoms with Crippen molar-refractivity contribution >= 4 is 40.1 Å². The number of allylic oxidation sites excluding steroid dienone is 3. The number of carbonyl (C=O) groups excluding carboxylic acids is 2. The van der Waals surface area contributed by atoms with Gasteiger partial charge in [0.2, 0.25) is 0 Å². The van der Waals surface area contributed by atoms with Gasteiger partial charge in [-0.05, 0) is 46.4 Å². The Bertz CT molecular complexity index is 623. The second-order valence-corrected chi connectivity index (χ2v) is 5.31. The van der Waals surface area contributed by atoms with Gasteiger partial charge in [-0.25, -0.2) is 4.79 Å². The van der Waals surface area contributed by atoms with Crippen LogP contribution in [-0.4, -0.2) is 22.6 Å². The molecular weight excluding hydrogens is 359 g/mol. The zero-order valence-electron chi connectivity index (χ0n) is 9.72. The van der Waals surface area contributed by atoms with Crippen LogP contribution in [0.15, 0.2) is 47.6 Å². The highest BCUT2D eigenvalue weighted by Gasteiger charge is 2.24. The first kappa shape index (κ1) is 13.7. The van der Waals surface area contributed by atoms with Crippen molar-refractivity contribution in [3.8, 4) is 0 Å². The van der Waals surface area contributed by atoms with Gasteiger partial charge in [-0.1, -0.05) is 12.1 Å². The van der Waals surface area contributed by atoms with Crippen LogP contribution in [0.1, 0.15) is 5.56 Å². The Kier molecular flexibility index (Phi) is 3.94. The number of hydrogen-bond acceptors (Lipinski definition) is 3. The first-order valence-electron chi connectivity index (χ1n) is 5.46. The van der Waals surface area contributed by atoms with Crippen molar-refractivity contribution in [2.24, 2.45) is 0 Å². The van der Waals surface area contributed by atoms with Crippen molar-refractivity contribution in [1.82, 2.24) is 0 Å². The Morgan fingerprint density at radius 2 is 1.68 bits per heavy atom. The van der Waals surface area contributed by atoms with Gasteiger partial charge in [0.1, 0.15) is 5.57 Å². The number of carboxylic acids is 1. The zero-order valence-corrected chi connectivity index (χ0v) is 11.9. The molecule has 0 bridgehead atoms. The molecule has 5 heteroatoms. The lowest BCUT2D eigenvalue weighted by Crippen LogP contribution is -2.19. The van der Waals surface area contributed by atoms with Gasteiger partial charge >= 0.3 is 5.97 Å². The predicted molar refractivity (Wildman–Crippen MR) is 76.7 cm³/mol. The molecule has 0 aliphatic heterocycles. The average molecular weight is 368 g/mol. The predicted octanol–water partition coefficient (Wildman–Crippen LogP) is 1.92. The molecule has 0 heterocycles. The molecular formula is C14H9IO4. The third-order valence-corrected chi connectivity index (χ3v) is 3.42. The van der Waals surface area contributed by atoms with E-state index in [4.69, 9.17) is 5.11 Å². The van der Waals surface area contributed by atoms with E-state index in [1.807, 2.05) is 24.3 Å². The molecule has 0 saturated heterocycles. The molecule has 2 rings (SSSR count). The molecule has 0 aromatic heterocycles. The minimum absolute atomic E-state index is 0.316. The highest BCUT2D eigenvalue weighted by atomic mass is 127. The Morgan fingerprint density at radius 3 is 2.26 bits per heavy atom. The van der Waals surface area contributed by atoms with E-state index >= 15 is 0 Å². The van der Waals surface area contributed by atoms with Gasteiger partial charge in [0.25, 0.3) is 0 Å². The van der Waals surface area contributed by atoms with Crippen molar-refractivity contribution in [3.63, 3.8) is 0 Å². The quantitative estimate of drug-likeness (QED) is 0.503. The van der Waals surface area contributed by atoms with Crippen molar-refractivity contribution < 1.29 is 19.5 Å². The second kappa shape index (κ2) is 5.48. The lowest BCUT2D eigenvalue weighted by Gasteiger charge is -2.09. The number of hydrogen-bond donors (Lipinski definition) is 1. The summed E-state index contributed by atoms with van der Waals surface area (Å²) >= 11 is 2.17. The van der Waals surface area contributed by atoms with E-state index in [1.54, 1.807) is 0 Å². The van der Waals surface area contributed by atoms with E-state index in [0.717, 1.165) is 21.3 Å². The molecule has 96 valence electrons. The van der Waals surface area contributed by atoms with Crippen molar-refractivity contribution in [1.29, 1.82) is 0 Å². The second-order valence-electron chi connectivity index (χ2n) is 4.06. The van der Waals surface area contributed by atoms with Crippen LogP contribution < -0.4 is 0 Å². The van der Waals surface area contributed by atoms with Crippen LogP contribution in [0, 0.1) is 3.57 Å². The fraction of sp³-hybridized carbons (Fsp3) is 0.0714. The Hall–Kier alpha value is -1.76. The summed E-state index contributed by atoms with van der Waals surface area (Å²) in [6.07, 6.45) is 2.33. The van der Waals surface area contributed by atoms with Gasteiger partial charge in [-0.2, -0.15) is 0 Å². The molecule has 0 saturated carbocycles. The van der Waals surface area contributed by atoms with E-state index in [2.05, 4.69) is 22.6 Å². The molecule has 0 amide bonds. The van der Waals surface area contributed by atoms with E-state index in [-0.39, 0.29) is 0 Å². The maximum atomic E-state index is 11.8. The minimum atomic E-state index is -1.37. The number of benzene rings is 1. The fourth-order valence-corrected chi connectivity index (χ4v) is 2.09. The molecule has 0 unspecified atom stereocenters. The van der Waals surface area contributed by atoms with Crippen LogP contribution in [-0.2, 0) is 20.8 Å². The molecule has 0 fully saturated rings. The molecule has 4 nitrogen and oxygen atoms in total. The lowest BCUT2D eigenvalue weighted by molar-refractivity contribution is -0.134. The number of carbonyl (C=O) groups is 3. The van der Waals surface area contributed by atoms with Crippen molar-refractivity contribution in [3.05, 3.63) is 56.7 Å². The average Bonchev–Trinajstić information content (AvgIpc) is 2.35. The third-order valence-electron chi connectivity index (χ3n) is 2.70. The lowest BCUT2D eigenvalue weighted by atomic mass is 9.93. The molecule has 1 aromatic rings. The van der Waals surface area contributed by atoms with Gasteiger partial charge in [0.05, 0.1) is 0 Å². The Balaban J connectivity index is 2.21. The maximum absolute atomic E-state index is 11.8. The smallest absolute Gasteiger partial charge is 0.339 e. The maximum Gasteiger partial charge on any atom is 0.339 e. The summed E-state index contributed by atoms with van der Waals surface area (Å²) in [6.45, 7) is 0. The van der Waals surface area contributed by atoms with Gasteiger partial charge in [0, 0.05) is 21.6 Å². The van der Waals surface area contributed by atoms with Gasteiger partial charge in [-0.15, -0.1) is 0 Å². The molecule has 0 spiro atoms. The van der Waals surface area contributed by atoms with E-state index in [9.17, 15) is 14.4 Å². The number of carboxylic acid groups (broad SMARTS) is 1. The Morgan fingerprint density at radius 1 is 1.05 bits per heavy atom. The first-order valence-corrected chi connectivity index (χ1v) is 6.54. The summed E-state index contributed by atoms with van der Waals surface area (Å²) in [5, 5.41) is 8.76. The summed E-state index contributed by atoms with van der Waals surface area (Å²) in [5.41, 5.74) is 0.743. The van der Waals surface area contributed by atoms with Gasteiger partial charge in [-0.3, -0.25) is 9.59 Å². The summed E-state index contributed by atoms with van der Waals surface area (Å²) in [4.78, 5) is 34.1. The summed E-state index contributed by atoms with van der Waals surface area (Å²) in [5.74, 6) is -2.42. The number of aliphatic carboxylic acids is 1. The standard InChI is InChI=1S/C14H9IO4/c15-10-3-1-8(2-4-10)5-9-6-13(17)11(14(18)19)7-12(9)16/h1-4,6-7H,5H2,(H,18,19). The molecule has 1 N–H and O–H groups in total. The minimum Gasteiger partial charge on any atom is -0.478 e. The SMILES string of the molecule is O=C(O)C1=CC(=O)C(Cc2ccc(I)cc2)=CC1=O. The summed E-state index contributed by atoms with van der Waals surface area (Å²) in [6, 6.07) is 7.56. The summed E-state index contributed by atoms with van der Waals surface area (Å²) in [7, 11) is 0. The highest BCUT2D eigenvalue weighted by molar-refractivity contribution is 14.1. The molecule has 1 aliphatic carbocycles. The molecule has 19 heavy (non-hydrogen) atoms. The van der Waals surface area contributed by atoms with Crippen LogP contribution >= 0.6 is 22.6 Å². The molecule has 0 radical (unpaired) electrons. The highest BCUT2D eigenvalue weighted by Crippen LogP contribution is 2.17. The van der Waals surface area contributed by atoms with E-state index in [0.29, 0.717) is 12.0 Å². The molecule has 0 atom stereocenters. The number of halogens is 1. The normalized spacial score (nSPS) is 15.0. The number of rotatable bonds is 3. The first-order chi connectivity index (χ1) is 8.97. The Labute approximate surface area is 123 Å².